The molecule has 2 N–H and O–H groups in total. The number of guanidine groups is 1. The zero-order valence-electron chi connectivity index (χ0n) is 15.1. The molecule has 0 aliphatic rings. The van der Waals surface area contributed by atoms with Crippen molar-refractivity contribution < 1.29 is 4.74 Å². The zero-order valence-corrected chi connectivity index (χ0v) is 15.1. The lowest BCUT2D eigenvalue weighted by Gasteiger charge is -2.12. The SMILES string of the molecule is C=C(/C=C\C(=C/C)N/C(=N\C#N)NCCCn1cnc(C)c1)OCC. The van der Waals surface area contributed by atoms with Crippen LogP contribution in [0.2, 0.25) is 0 Å². The van der Waals surface area contributed by atoms with Gasteiger partial charge in [-0.05, 0) is 39.3 Å². The minimum Gasteiger partial charge on any atom is -0.495 e. The third-order valence-corrected chi connectivity index (χ3v) is 3.16. The first-order valence-electron chi connectivity index (χ1n) is 8.21. The maximum atomic E-state index is 8.85. The number of aliphatic imine (C=N–C) groups is 1. The molecule has 1 aromatic heterocycles. The van der Waals surface area contributed by atoms with Crippen molar-refractivity contribution in [3.05, 3.63) is 54.5 Å². The van der Waals surface area contributed by atoms with Gasteiger partial charge in [-0.15, -0.1) is 4.99 Å². The van der Waals surface area contributed by atoms with Crippen molar-refractivity contribution in [1.82, 2.24) is 20.2 Å². The lowest BCUT2D eigenvalue weighted by molar-refractivity contribution is 0.244. The van der Waals surface area contributed by atoms with E-state index in [1.165, 1.54) is 0 Å². The van der Waals surface area contributed by atoms with E-state index in [9.17, 15) is 0 Å². The first-order chi connectivity index (χ1) is 12.1. The summed E-state index contributed by atoms with van der Waals surface area (Å²) in [6.07, 6.45) is 11.9. The summed E-state index contributed by atoms with van der Waals surface area (Å²) in [5, 5.41) is 15.1. The van der Waals surface area contributed by atoms with E-state index in [0.717, 1.165) is 24.4 Å². The molecule has 7 heteroatoms. The summed E-state index contributed by atoms with van der Waals surface area (Å²) in [6, 6.07) is 0. The number of imidazole rings is 1. The molecule has 0 fully saturated rings. The molecule has 0 amide bonds. The van der Waals surface area contributed by atoms with Gasteiger partial charge in [-0.25, -0.2) is 4.98 Å². The molecule has 0 aliphatic carbocycles. The van der Waals surface area contributed by atoms with Crippen LogP contribution in [-0.2, 0) is 11.3 Å². The topological polar surface area (TPSA) is 87.3 Å². The average Bonchev–Trinajstić information content (AvgIpc) is 3.00. The summed E-state index contributed by atoms with van der Waals surface area (Å²) < 4.78 is 7.30. The highest BCUT2D eigenvalue weighted by molar-refractivity contribution is 5.82. The third-order valence-electron chi connectivity index (χ3n) is 3.16. The van der Waals surface area contributed by atoms with Crippen molar-refractivity contribution in [1.29, 1.82) is 5.26 Å². The van der Waals surface area contributed by atoms with Crippen LogP contribution in [-0.4, -0.2) is 28.7 Å². The first kappa shape index (κ1) is 20.0. The molecule has 1 aromatic rings. The molecule has 0 atom stereocenters. The molecule has 0 saturated carbocycles. The molecule has 0 bridgehead atoms. The van der Waals surface area contributed by atoms with Crippen molar-refractivity contribution in [2.45, 2.75) is 33.7 Å². The molecular formula is C18H26N6O. The Balaban J connectivity index is 2.48. The number of allylic oxidation sites excluding steroid dienone is 3. The first-order valence-corrected chi connectivity index (χ1v) is 8.21. The summed E-state index contributed by atoms with van der Waals surface area (Å²) in [5.41, 5.74) is 1.78. The van der Waals surface area contributed by atoms with E-state index in [-0.39, 0.29) is 0 Å². The van der Waals surface area contributed by atoms with Gasteiger partial charge in [0.15, 0.2) is 0 Å². The molecule has 0 unspecified atom stereocenters. The van der Waals surface area contributed by atoms with Crippen LogP contribution in [0.4, 0.5) is 0 Å². The number of hydrogen-bond acceptors (Lipinski definition) is 4. The Kier molecular flexibility index (Phi) is 9.23. The second-order valence-corrected chi connectivity index (χ2v) is 5.20. The molecule has 0 spiro atoms. The molecule has 0 radical (unpaired) electrons. The molecule has 0 aromatic carbocycles. The van der Waals surface area contributed by atoms with Gasteiger partial charge in [-0.3, -0.25) is 0 Å². The van der Waals surface area contributed by atoms with E-state index >= 15 is 0 Å². The van der Waals surface area contributed by atoms with Gasteiger partial charge in [0.1, 0.15) is 5.76 Å². The van der Waals surface area contributed by atoms with Crippen LogP contribution >= 0.6 is 0 Å². The Bertz CT molecular complexity index is 678. The Morgan fingerprint density at radius 3 is 2.92 bits per heavy atom. The number of nitrogens with one attached hydrogen (secondary N) is 2. The number of rotatable bonds is 9. The fourth-order valence-corrected chi connectivity index (χ4v) is 1.99. The highest BCUT2D eigenvalue weighted by Gasteiger charge is 2.01. The van der Waals surface area contributed by atoms with Gasteiger partial charge in [0.05, 0.1) is 18.6 Å². The fraction of sp³-hybridized carbons (Fsp3) is 0.389. The quantitative estimate of drug-likeness (QED) is 0.180. The number of aryl methyl sites for hydroxylation is 2. The molecule has 1 rings (SSSR count). The van der Waals surface area contributed by atoms with Crippen LogP contribution in [0, 0.1) is 18.4 Å². The monoisotopic (exact) mass is 342 g/mol. The van der Waals surface area contributed by atoms with Crippen molar-refractivity contribution >= 4 is 5.96 Å². The molecule has 7 nitrogen and oxygen atoms in total. The van der Waals surface area contributed by atoms with Gasteiger partial charge in [0.25, 0.3) is 0 Å². The van der Waals surface area contributed by atoms with Gasteiger partial charge < -0.3 is 19.9 Å². The van der Waals surface area contributed by atoms with Crippen LogP contribution in [0.15, 0.2) is 53.8 Å². The molecule has 0 saturated heterocycles. The highest BCUT2D eigenvalue weighted by atomic mass is 16.5. The predicted molar refractivity (Wildman–Crippen MR) is 99.4 cm³/mol. The number of aromatic nitrogens is 2. The summed E-state index contributed by atoms with van der Waals surface area (Å²) in [7, 11) is 0. The Hall–Kier alpha value is -3.01. The predicted octanol–water partition coefficient (Wildman–Crippen LogP) is 2.61. The lowest BCUT2D eigenvalue weighted by Crippen LogP contribution is -2.37. The second kappa shape index (κ2) is 11.5. The van der Waals surface area contributed by atoms with Crippen LogP contribution in [0.5, 0.6) is 0 Å². The number of nitriles is 1. The zero-order chi connectivity index (χ0) is 18.5. The molecule has 134 valence electrons. The van der Waals surface area contributed by atoms with E-state index in [4.69, 9.17) is 10.00 Å². The van der Waals surface area contributed by atoms with Gasteiger partial charge in [0, 0.05) is 25.0 Å². The van der Waals surface area contributed by atoms with E-state index in [1.807, 2.05) is 50.0 Å². The molecular weight excluding hydrogens is 316 g/mol. The molecule has 1 heterocycles. The van der Waals surface area contributed by atoms with Gasteiger partial charge in [-0.2, -0.15) is 5.26 Å². The van der Waals surface area contributed by atoms with Crippen LogP contribution < -0.4 is 10.6 Å². The van der Waals surface area contributed by atoms with Crippen LogP contribution in [0.3, 0.4) is 0 Å². The van der Waals surface area contributed by atoms with Crippen molar-refractivity contribution in [2.75, 3.05) is 13.2 Å². The number of nitrogens with zero attached hydrogens (tertiary/aromatic N) is 4. The van der Waals surface area contributed by atoms with Gasteiger partial charge in [0.2, 0.25) is 12.2 Å². The van der Waals surface area contributed by atoms with Crippen molar-refractivity contribution in [2.24, 2.45) is 4.99 Å². The molecule has 25 heavy (non-hydrogen) atoms. The molecule has 0 aliphatic heterocycles. The minimum atomic E-state index is 0.407. The van der Waals surface area contributed by atoms with E-state index in [0.29, 0.717) is 24.9 Å². The van der Waals surface area contributed by atoms with Crippen molar-refractivity contribution in [3.8, 4) is 6.19 Å². The maximum absolute atomic E-state index is 8.85. The summed E-state index contributed by atoms with van der Waals surface area (Å²) in [4.78, 5) is 7.97. The standard InChI is InChI=1S/C18H26N6O/c1-5-17(9-8-16(4)25-6-2)23-18(21-13-19)20-10-7-11-24-12-15(3)22-14-24/h5,8-9,12,14H,4,6-7,10-11H2,1-3H3,(H2,20,21,23)/b9-8-,17-5+. The Morgan fingerprint density at radius 2 is 2.32 bits per heavy atom. The maximum Gasteiger partial charge on any atom is 0.211 e. The fourth-order valence-electron chi connectivity index (χ4n) is 1.99. The lowest BCUT2D eigenvalue weighted by atomic mass is 10.3. The summed E-state index contributed by atoms with van der Waals surface area (Å²) in [5.74, 6) is 0.982. The van der Waals surface area contributed by atoms with E-state index in [2.05, 4.69) is 27.2 Å². The number of hydrogen-bond donors (Lipinski definition) is 2. The minimum absolute atomic E-state index is 0.407. The summed E-state index contributed by atoms with van der Waals surface area (Å²) in [6.45, 7) is 11.6. The largest absolute Gasteiger partial charge is 0.495 e. The van der Waals surface area contributed by atoms with Crippen molar-refractivity contribution in [3.63, 3.8) is 0 Å². The second-order valence-electron chi connectivity index (χ2n) is 5.20. The summed E-state index contributed by atoms with van der Waals surface area (Å²) >= 11 is 0. The normalized spacial score (nSPS) is 12.1. The van der Waals surface area contributed by atoms with Crippen LogP contribution in [0.25, 0.3) is 0 Å². The highest BCUT2D eigenvalue weighted by Crippen LogP contribution is 2.00. The number of ether oxygens (including phenoxy) is 1. The van der Waals surface area contributed by atoms with Gasteiger partial charge >= 0.3 is 0 Å². The van der Waals surface area contributed by atoms with Gasteiger partial charge in [-0.1, -0.05) is 12.7 Å². The van der Waals surface area contributed by atoms with E-state index < -0.39 is 0 Å². The third kappa shape index (κ3) is 8.42. The van der Waals surface area contributed by atoms with E-state index in [1.54, 1.807) is 12.3 Å². The Labute approximate surface area is 149 Å². The smallest absolute Gasteiger partial charge is 0.211 e. The van der Waals surface area contributed by atoms with Crippen LogP contribution in [0.1, 0.15) is 26.0 Å². The average molecular weight is 342 g/mol. The Morgan fingerprint density at radius 1 is 1.52 bits per heavy atom.